The minimum atomic E-state index is 0.705. The molecular formula is C15H10N2S2. The highest BCUT2D eigenvalue weighted by atomic mass is 32.1. The summed E-state index contributed by atoms with van der Waals surface area (Å²) < 4.78 is 9.43. The molecule has 2 aromatic carbocycles. The van der Waals surface area contributed by atoms with Crippen LogP contribution >= 0.6 is 23.9 Å². The molecule has 0 fully saturated rings. The smallest absolute Gasteiger partial charge is 0.105 e. The molecule has 19 heavy (non-hydrogen) atoms. The molecule has 0 aliphatic heterocycles. The van der Waals surface area contributed by atoms with Crippen molar-refractivity contribution in [3.8, 4) is 22.5 Å². The third kappa shape index (κ3) is 2.45. The largest absolute Gasteiger partial charge is 0.173 e. The van der Waals surface area contributed by atoms with Crippen molar-refractivity contribution in [1.29, 1.82) is 0 Å². The van der Waals surface area contributed by atoms with Gasteiger partial charge >= 0.3 is 0 Å². The minimum absolute atomic E-state index is 0.705. The number of rotatable bonds is 2. The van der Waals surface area contributed by atoms with Crippen LogP contribution in [0.5, 0.6) is 0 Å². The molecule has 0 N–H and O–H groups in total. The summed E-state index contributed by atoms with van der Waals surface area (Å²) in [7, 11) is 0. The summed E-state index contributed by atoms with van der Waals surface area (Å²) >= 11 is 6.73. The number of hydrogen-bond acceptors (Lipinski definition) is 4. The van der Waals surface area contributed by atoms with Gasteiger partial charge < -0.3 is 0 Å². The Morgan fingerprint density at radius 2 is 1.11 bits per heavy atom. The lowest BCUT2D eigenvalue weighted by molar-refractivity contribution is 1.38. The lowest BCUT2D eigenvalue weighted by Gasteiger charge is -2.03. The van der Waals surface area contributed by atoms with E-state index in [1.54, 1.807) is 0 Å². The summed E-state index contributed by atoms with van der Waals surface area (Å²) in [4.78, 5) is 0. The molecule has 0 saturated heterocycles. The second-order valence-corrected chi connectivity index (χ2v) is 4.96. The minimum Gasteiger partial charge on any atom is -0.173 e. The van der Waals surface area contributed by atoms with Crippen LogP contribution in [0.15, 0.2) is 60.7 Å². The molecule has 0 radical (unpaired) electrons. The zero-order valence-electron chi connectivity index (χ0n) is 9.98. The molecule has 0 atom stereocenters. The quantitative estimate of drug-likeness (QED) is 0.642. The van der Waals surface area contributed by atoms with Crippen LogP contribution in [0.1, 0.15) is 0 Å². The Bertz CT molecular complexity index is 676. The van der Waals surface area contributed by atoms with Crippen molar-refractivity contribution in [1.82, 2.24) is 8.75 Å². The second-order valence-electron chi connectivity index (χ2n) is 4.02. The Morgan fingerprint density at radius 1 is 0.684 bits per heavy atom. The Balaban J connectivity index is 2.18. The highest BCUT2D eigenvalue weighted by Gasteiger charge is 2.08. The average molecular weight is 282 g/mol. The molecule has 3 rings (SSSR count). The molecular weight excluding hydrogens is 272 g/mol. The summed E-state index contributed by atoms with van der Waals surface area (Å²) in [6, 6.07) is 20.0. The summed E-state index contributed by atoms with van der Waals surface area (Å²) in [6.45, 7) is 0. The van der Waals surface area contributed by atoms with Gasteiger partial charge in [0.25, 0.3) is 0 Å². The Hall–Kier alpha value is -1.91. The highest BCUT2D eigenvalue weighted by Crippen LogP contribution is 2.25. The summed E-state index contributed by atoms with van der Waals surface area (Å²) in [5, 5.41) is 0. The van der Waals surface area contributed by atoms with Gasteiger partial charge in [-0.3, -0.25) is 0 Å². The predicted octanol–water partition coefficient (Wildman–Crippen LogP) is 4.60. The van der Waals surface area contributed by atoms with Crippen LogP contribution < -0.4 is 0 Å². The van der Waals surface area contributed by atoms with E-state index in [1.807, 2.05) is 60.7 Å². The van der Waals surface area contributed by atoms with E-state index >= 15 is 0 Å². The first-order valence-electron chi connectivity index (χ1n) is 5.84. The van der Waals surface area contributed by atoms with E-state index in [0.29, 0.717) is 4.51 Å². The van der Waals surface area contributed by atoms with E-state index in [0.717, 1.165) is 22.5 Å². The molecule has 0 aliphatic rings. The van der Waals surface area contributed by atoms with Gasteiger partial charge in [0.2, 0.25) is 0 Å². The van der Waals surface area contributed by atoms with Crippen molar-refractivity contribution >= 4 is 23.9 Å². The van der Waals surface area contributed by atoms with Gasteiger partial charge in [0.1, 0.15) is 11.4 Å². The molecule has 0 saturated carbocycles. The maximum Gasteiger partial charge on any atom is 0.105 e. The van der Waals surface area contributed by atoms with Crippen LogP contribution in [0.4, 0.5) is 0 Å². The second kappa shape index (κ2) is 5.38. The maximum atomic E-state index is 5.54. The molecule has 0 aliphatic carbocycles. The lowest BCUT2D eigenvalue weighted by Crippen LogP contribution is -1.89. The highest BCUT2D eigenvalue weighted by molar-refractivity contribution is 7.71. The standard InChI is InChI=1S/C15H10N2S2/c18-15-13(11-7-3-1-4-8-11)16-19-17-14(15)12-9-5-2-6-10-12/h1-10H. The Morgan fingerprint density at radius 3 is 1.53 bits per heavy atom. The van der Waals surface area contributed by atoms with Gasteiger partial charge in [-0.1, -0.05) is 72.9 Å². The normalized spacial score (nSPS) is 10.3. The van der Waals surface area contributed by atoms with Crippen molar-refractivity contribution in [3.05, 3.63) is 65.2 Å². The zero-order valence-corrected chi connectivity index (χ0v) is 11.6. The van der Waals surface area contributed by atoms with Crippen LogP contribution in [0, 0.1) is 4.51 Å². The molecule has 1 heterocycles. The number of benzene rings is 2. The van der Waals surface area contributed by atoms with Crippen LogP contribution in [0.2, 0.25) is 0 Å². The van der Waals surface area contributed by atoms with Crippen LogP contribution in [0.3, 0.4) is 0 Å². The van der Waals surface area contributed by atoms with Gasteiger partial charge in [0.05, 0.1) is 16.2 Å². The topological polar surface area (TPSA) is 25.8 Å². The summed E-state index contributed by atoms with van der Waals surface area (Å²) in [6.07, 6.45) is 0. The lowest BCUT2D eigenvalue weighted by atomic mass is 10.1. The van der Waals surface area contributed by atoms with Gasteiger partial charge in [-0.25, -0.2) is 0 Å². The van der Waals surface area contributed by atoms with Crippen molar-refractivity contribution in [2.45, 2.75) is 0 Å². The van der Waals surface area contributed by atoms with E-state index in [2.05, 4.69) is 8.75 Å². The molecule has 0 unspecified atom stereocenters. The number of hydrogen-bond donors (Lipinski definition) is 0. The van der Waals surface area contributed by atoms with E-state index in [-0.39, 0.29) is 0 Å². The van der Waals surface area contributed by atoms with E-state index < -0.39 is 0 Å². The van der Waals surface area contributed by atoms with Crippen LogP contribution in [0.25, 0.3) is 22.5 Å². The van der Waals surface area contributed by atoms with Gasteiger partial charge in [0.15, 0.2) is 0 Å². The third-order valence-corrected chi connectivity index (χ3v) is 3.70. The van der Waals surface area contributed by atoms with Gasteiger partial charge in [0, 0.05) is 11.1 Å². The molecule has 0 amide bonds. The van der Waals surface area contributed by atoms with Crippen molar-refractivity contribution in [2.24, 2.45) is 0 Å². The van der Waals surface area contributed by atoms with Crippen LogP contribution in [-0.4, -0.2) is 8.75 Å². The van der Waals surface area contributed by atoms with Gasteiger partial charge in [-0.15, -0.1) is 0 Å². The average Bonchev–Trinajstić information content (AvgIpc) is 2.49. The molecule has 4 heteroatoms. The van der Waals surface area contributed by atoms with Crippen molar-refractivity contribution in [3.63, 3.8) is 0 Å². The van der Waals surface area contributed by atoms with E-state index in [1.165, 1.54) is 11.7 Å². The van der Waals surface area contributed by atoms with E-state index in [4.69, 9.17) is 12.2 Å². The molecule has 0 spiro atoms. The number of nitrogens with zero attached hydrogens (tertiary/aromatic N) is 2. The summed E-state index contributed by atoms with van der Waals surface area (Å²) in [5.74, 6) is 0. The van der Waals surface area contributed by atoms with Gasteiger partial charge in [-0.05, 0) is 0 Å². The first-order chi connectivity index (χ1) is 9.36. The van der Waals surface area contributed by atoms with Crippen molar-refractivity contribution < 1.29 is 0 Å². The first kappa shape index (κ1) is 12.1. The molecule has 1 aromatic heterocycles. The third-order valence-electron chi connectivity index (χ3n) is 2.79. The predicted molar refractivity (Wildman–Crippen MR) is 81.6 cm³/mol. The fourth-order valence-electron chi connectivity index (χ4n) is 1.86. The molecule has 0 bridgehead atoms. The fourth-order valence-corrected chi connectivity index (χ4v) is 2.90. The molecule has 3 aromatic rings. The zero-order chi connectivity index (χ0) is 13.1. The SMILES string of the molecule is S=c1c(-c2ccccc2)nsnc1-c1ccccc1. The number of aromatic nitrogens is 2. The van der Waals surface area contributed by atoms with Crippen LogP contribution in [-0.2, 0) is 0 Å². The Labute approximate surface area is 120 Å². The Kier molecular flexibility index (Phi) is 3.44. The van der Waals surface area contributed by atoms with Crippen molar-refractivity contribution in [2.75, 3.05) is 0 Å². The van der Waals surface area contributed by atoms with E-state index in [9.17, 15) is 0 Å². The molecule has 2 nitrogen and oxygen atoms in total. The monoisotopic (exact) mass is 282 g/mol. The molecule has 92 valence electrons. The summed E-state index contributed by atoms with van der Waals surface area (Å²) in [5.41, 5.74) is 3.72. The first-order valence-corrected chi connectivity index (χ1v) is 6.98. The maximum absolute atomic E-state index is 5.54. The fraction of sp³-hybridized carbons (Fsp3) is 0. The van der Waals surface area contributed by atoms with Gasteiger partial charge in [-0.2, -0.15) is 8.75 Å².